The lowest BCUT2D eigenvalue weighted by molar-refractivity contribution is 0.0951. The summed E-state index contributed by atoms with van der Waals surface area (Å²) in [5.74, 6) is -0.358. The van der Waals surface area contributed by atoms with Gasteiger partial charge in [-0.1, -0.05) is 48.5 Å². The Bertz CT molecular complexity index is 1040. The number of hydrogen-bond acceptors (Lipinski definition) is 4. The Morgan fingerprint density at radius 3 is 2.32 bits per heavy atom. The van der Waals surface area contributed by atoms with Crippen LogP contribution in [0.3, 0.4) is 0 Å². The number of anilines is 1. The molecule has 3 rings (SSSR count). The molecule has 6 nitrogen and oxygen atoms in total. The van der Waals surface area contributed by atoms with Crippen molar-refractivity contribution in [1.82, 2.24) is 10.3 Å². The zero-order valence-corrected chi connectivity index (χ0v) is 16.3. The molecule has 0 saturated carbocycles. The summed E-state index contributed by atoms with van der Waals surface area (Å²) >= 11 is 0. The maximum absolute atomic E-state index is 12.8. The van der Waals surface area contributed by atoms with Crippen LogP contribution in [0.2, 0.25) is 0 Å². The second-order valence-electron chi connectivity index (χ2n) is 6.28. The molecule has 0 atom stereocenters. The number of benzene rings is 2. The summed E-state index contributed by atoms with van der Waals surface area (Å²) in [5, 5.41) is 2.80. The number of nitrogens with one attached hydrogen (secondary N) is 1. The highest BCUT2D eigenvalue weighted by Crippen LogP contribution is 2.25. The van der Waals surface area contributed by atoms with Gasteiger partial charge in [0.1, 0.15) is 0 Å². The van der Waals surface area contributed by atoms with Crippen LogP contribution < -0.4 is 9.62 Å². The molecule has 0 aliphatic carbocycles. The molecular weight excluding hydrogens is 374 g/mol. The number of para-hydroxylation sites is 1. The first-order valence-corrected chi connectivity index (χ1v) is 10.6. The number of carbonyl (C=O) groups is 1. The van der Waals surface area contributed by atoms with Crippen molar-refractivity contribution in [3.05, 3.63) is 95.8 Å². The Labute approximate surface area is 164 Å². The number of nitrogens with zero attached hydrogens (tertiary/aromatic N) is 2. The number of rotatable bonds is 7. The zero-order valence-electron chi connectivity index (χ0n) is 15.4. The van der Waals surface area contributed by atoms with Gasteiger partial charge in [-0.15, -0.1) is 0 Å². The summed E-state index contributed by atoms with van der Waals surface area (Å²) in [7, 11) is -3.60. The normalized spacial score (nSPS) is 11.0. The van der Waals surface area contributed by atoms with Gasteiger partial charge in [0.2, 0.25) is 10.0 Å². The Hall–Kier alpha value is -3.19. The average Bonchev–Trinajstić information content (AvgIpc) is 2.71. The third kappa shape index (κ3) is 4.95. The summed E-state index contributed by atoms with van der Waals surface area (Å²) in [5.41, 5.74) is 2.18. The molecule has 1 N–H and O–H groups in total. The molecule has 1 heterocycles. The Balaban J connectivity index is 1.88. The van der Waals surface area contributed by atoms with Gasteiger partial charge in [-0.2, -0.15) is 0 Å². The predicted octanol–water partition coefficient (Wildman–Crippen LogP) is 2.98. The molecule has 3 aromatic rings. The van der Waals surface area contributed by atoms with Crippen molar-refractivity contribution < 1.29 is 13.2 Å². The van der Waals surface area contributed by atoms with E-state index in [1.807, 2.05) is 42.5 Å². The molecule has 7 heteroatoms. The molecule has 0 spiro atoms. The van der Waals surface area contributed by atoms with Gasteiger partial charge >= 0.3 is 0 Å². The lowest BCUT2D eigenvalue weighted by atomic mass is 10.1. The molecular formula is C21H21N3O3S. The molecule has 0 unspecified atom stereocenters. The molecule has 0 radical (unpaired) electrons. The highest BCUT2D eigenvalue weighted by Gasteiger charge is 2.23. The minimum absolute atomic E-state index is 0.143. The van der Waals surface area contributed by atoms with Crippen LogP contribution in [0.5, 0.6) is 0 Å². The maximum atomic E-state index is 12.8. The van der Waals surface area contributed by atoms with E-state index in [1.54, 1.807) is 36.5 Å². The van der Waals surface area contributed by atoms with Crippen LogP contribution in [0.25, 0.3) is 0 Å². The summed E-state index contributed by atoms with van der Waals surface area (Å²) in [4.78, 5) is 16.9. The third-order valence-electron chi connectivity index (χ3n) is 4.14. The lowest BCUT2D eigenvalue weighted by Gasteiger charge is -2.24. The molecule has 28 heavy (non-hydrogen) atoms. The van der Waals surface area contributed by atoms with Gasteiger partial charge in [-0.05, 0) is 29.8 Å². The van der Waals surface area contributed by atoms with Gasteiger partial charge in [0, 0.05) is 6.20 Å². The SMILES string of the molecule is CS(=O)(=O)N(Cc1ccccc1)c1ccccc1C(=O)NCc1ccccn1. The van der Waals surface area contributed by atoms with Gasteiger partial charge < -0.3 is 5.32 Å². The fourth-order valence-electron chi connectivity index (χ4n) is 2.78. The number of pyridine rings is 1. The molecule has 0 bridgehead atoms. The summed E-state index contributed by atoms with van der Waals surface area (Å²) in [6.45, 7) is 0.399. The van der Waals surface area contributed by atoms with E-state index < -0.39 is 10.0 Å². The number of hydrogen-bond donors (Lipinski definition) is 1. The second kappa shape index (κ2) is 8.67. The first-order valence-electron chi connectivity index (χ1n) is 8.74. The number of aromatic nitrogens is 1. The summed E-state index contributed by atoms with van der Waals surface area (Å²) in [6, 6.07) is 21.4. The summed E-state index contributed by atoms with van der Waals surface area (Å²) in [6.07, 6.45) is 2.79. The predicted molar refractivity (Wildman–Crippen MR) is 109 cm³/mol. The van der Waals surface area contributed by atoms with E-state index in [4.69, 9.17) is 0 Å². The lowest BCUT2D eigenvalue weighted by Crippen LogP contribution is -2.32. The standard InChI is InChI=1S/C21H21N3O3S/c1-28(26,27)24(16-17-9-3-2-4-10-17)20-13-6-5-12-19(20)21(25)23-15-18-11-7-8-14-22-18/h2-14H,15-16H2,1H3,(H,23,25). The zero-order chi connectivity index (χ0) is 20.0. The third-order valence-corrected chi connectivity index (χ3v) is 5.27. The van der Waals surface area contributed by atoms with E-state index in [1.165, 1.54) is 4.31 Å². The molecule has 0 aliphatic heterocycles. The minimum atomic E-state index is -3.60. The van der Waals surface area contributed by atoms with Gasteiger partial charge in [-0.25, -0.2) is 8.42 Å². The first-order chi connectivity index (χ1) is 13.4. The monoisotopic (exact) mass is 395 g/mol. The second-order valence-corrected chi connectivity index (χ2v) is 8.18. The molecule has 144 valence electrons. The summed E-state index contributed by atoms with van der Waals surface area (Å²) < 4.78 is 26.2. The van der Waals surface area contributed by atoms with Crippen LogP contribution in [0.4, 0.5) is 5.69 Å². The van der Waals surface area contributed by atoms with Crippen molar-refractivity contribution in [1.29, 1.82) is 0 Å². The fraction of sp³-hybridized carbons (Fsp3) is 0.143. The Kier molecular flexibility index (Phi) is 6.06. The molecule has 2 aromatic carbocycles. The molecule has 1 amide bonds. The molecule has 0 saturated heterocycles. The van der Waals surface area contributed by atoms with Gasteiger partial charge in [0.15, 0.2) is 0 Å². The largest absolute Gasteiger partial charge is 0.346 e. The van der Waals surface area contributed by atoms with Crippen LogP contribution in [0.1, 0.15) is 21.6 Å². The first kappa shape index (κ1) is 19.6. The van der Waals surface area contributed by atoms with E-state index >= 15 is 0 Å². The maximum Gasteiger partial charge on any atom is 0.253 e. The minimum Gasteiger partial charge on any atom is -0.346 e. The van der Waals surface area contributed by atoms with Crippen LogP contribution in [0, 0.1) is 0 Å². The Morgan fingerprint density at radius 1 is 0.964 bits per heavy atom. The number of amides is 1. The van der Waals surface area contributed by atoms with E-state index in [9.17, 15) is 13.2 Å². The van der Waals surface area contributed by atoms with Gasteiger partial charge in [0.05, 0.1) is 36.3 Å². The number of sulfonamides is 1. The van der Waals surface area contributed by atoms with E-state index in [-0.39, 0.29) is 19.0 Å². The fourth-order valence-corrected chi connectivity index (χ4v) is 3.68. The van der Waals surface area contributed by atoms with E-state index in [2.05, 4.69) is 10.3 Å². The van der Waals surface area contributed by atoms with Gasteiger partial charge in [-0.3, -0.25) is 14.1 Å². The van der Waals surface area contributed by atoms with Crippen molar-refractivity contribution in [2.45, 2.75) is 13.1 Å². The average molecular weight is 395 g/mol. The van der Waals surface area contributed by atoms with E-state index in [0.29, 0.717) is 11.3 Å². The van der Waals surface area contributed by atoms with E-state index in [0.717, 1.165) is 17.5 Å². The van der Waals surface area contributed by atoms with Crippen LogP contribution in [-0.2, 0) is 23.1 Å². The highest BCUT2D eigenvalue weighted by molar-refractivity contribution is 7.92. The molecule has 0 fully saturated rings. The van der Waals surface area contributed by atoms with Crippen molar-refractivity contribution in [2.24, 2.45) is 0 Å². The molecule has 0 aliphatic rings. The van der Waals surface area contributed by atoms with Crippen LogP contribution >= 0.6 is 0 Å². The van der Waals surface area contributed by atoms with Crippen molar-refractivity contribution in [2.75, 3.05) is 10.6 Å². The van der Waals surface area contributed by atoms with Crippen molar-refractivity contribution in [3.8, 4) is 0 Å². The van der Waals surface area contributed by atoms with Crippen LogP contribution in [0.15, 0.2) is 79.0 Å². The molecule has 1 aromatic heterocycles. The van der Waals surface area contributed by atoms with Crippen molar-refractivity contribution in [3.63, 3.8) is 0 Å². The van der Waals surface area contributed by atoms with Crippen molar-refractivity contribution >= 4 is 21.6 Å². The number of carbonyl (C=O) groups excluding carboxylic acids is 1. The van der Waals surface area contributed by atoms with Gasteiger partial charge in [0.25, 0.3) is 5.91 Å². The highest BCUT2D eigenvalue weighted by atomic mass is 32.2. The quantitative estimate of drug-likeness (QED) is 0.667. The Morgan fingerprint density at radius 2 is 1.64 bits per heavy atom. The van der Waals surface area contributed by atoms with Crippen LogP contribution in [-0.4, -0.2) is 25.6 Å². The topological polar surface area (TPSA) is 79.4 Å². The smallest absolute Gasteiger partial charge is 0.253 e.